The van der Waals surface area contributed by atoms with Crippen molar-refractivity contribution in [3.8, 4) is 0 Å². The first-order valence-corrected chi connectivity index (χ1v) is 7.90. The second kappa shape index (κ2) is 5.17. The molecule has 0 bridgehead atoms. The summed E-state index contributed by atoms with van der Waals surface area (Å²) in [5, 5.41) is 6.28. The minimum absolute atomic E-state index is 0.225. The molecule has 25 heavy (non-hydrogen) atoms. The average molecular weight is 327 g/mol. The van der Waals surface area contributed by atoms with Crippen LogP contribution in [0.4, 0.5) is 0 Å². The van der Waals surface area contributed by atoms with E-state index in [0.717, 1.165) is 27.4 Å². The average Bonchev–Trinajstić information content (AvgIpc) is 3.23. The molecular weight excluding hydrogens is 314 g/mol. The summed E-state index contributed by atoms with van der Waals surface area (Å²) in [6, 6.07) is 15.7. The number of H-pyrrole nitrogens is 2. The molecule has 0 atom stereocenters. The zero-order valence-electron chi connectivity index (χ0n) is 13.1. The molecule has 0 aliphatic carbocycles. The van der Waals surface area contributed by atoms with Crippen molar-refractivity contribution < 1.29 is 0 Å². The maximum absolute atomic E-state index is 12.7. The molecule has 120 valence electrons. The number of nitrogens with one attached hydrogen (secondary N) is 2. The van der Waals surface area contributed by atoms with Crippen LogP contribution in [0.25, 0.3) is 32.8 Å². The van der Waals surface area contributed by atoms with Crippen LogP contribution in [0.3, 0.4) is 0 Å². The SMILES string of the molecule is O=c1c2[nH]c3ccccc3c2ncn1N=Cc1c[nH]c2ccccc12. The molecule has 3 heterocycles. The number of hydrogen-bond acceptors (Lipinski definition) is 3. The van der Waals surface area contributed by atoms with Crippen LogP contribution in [-0.2, 0) is 0 Å². The van der Waals surface area contributed by atoms with Gasteiger partial charge in [-0.25, -0.2) is 4.98 Å². The third-order valence-corrected chi connectivity index (χ3v) is 4.34. The number of hydrogen-bond donors (Lipinski definition) is 2. The molecule has 0 spiro atoms. The highest BCUT2D eigenvalue weighted by molar-refractivity contribution is 6.04. The van der Waals surface area contributed by atoms with Crippen molar-refractivity contribution in [1.82, 2.24) is 19.6 Å². The lowest BCUT2D eigenvalue weighted by molar-refractivity contribution is 0.816. The lowest BCUT2D eigenvalue weighted by Gasteiger charge is -1.97. The molecule has 0 aliphatic rings. The van der Waals surface area contributed by atoms with E-state index in [0.29, 0.717) is 11.0 Å². The minimum atomic E-state index is -0.225. The molecule has 5 aromatic rings. The van der Waals surface area contributed by atoms with E-state index in [2.05, 4.69) is 20.1 Å². The first kappa shape index (κ1) is 13.7. The Kier molecular flexibility index (Phi) is 2.84. The predicted octanol–water partition coefficient (Wildman–Crippen LogP) is 3.24. The van der Waals surface area contributed by atoms with Gasteiger partial charge in [0.15, 0.2) is 0 Å². The number of nitrogens with zero attached hydrogens (tertiary/aromatic N) is 3. The molecular formula is C19H13N5O. The Morgan fingerprint density at radius 2 is 1.76 bits per heavy atom. The van der Waals surface area contributed by atoms with Crippen molar-refractivity contribution in [3.63, 3.8) is 0 Å². The fourth-order valence-electron chi connectivity index (χ4n) is 3.10. The smallest absolute Gasteiger partial charge is 0.298 e. The zero-order chi connectivity index (χ0) is 16.8. The topological polar surface area (TPSA) is 78.8 Å². The first-order valence-electron chi connectivity index (χ1n) is 7.90. The quantitative estimate of drug-likeness (QED) is 0.488. The highest BCUT2D eigenvalue weighted by atomic mass is 16.1. The standard InChI is InChI=1S/C19H13N5O/c25-19-18-17(14-6-2-4-8-16(14)23-18)21-11-24(19)22-10-12-9-20-15-7-3-1-5-13(12)15/h1-11,20,23H. The van der Waals surface area contributed by atoms with Crippen molar-refractivity contribution in [2.45, 2.75) is 0 Å². The first-order chi connectivity index (χ1) is 12.3. The van der Waals surface area contributed by atoms with Gasteiger partial charge in [-0.05, 0) is 12.1 Å². The predicted molar refractivity (Wildman–Crippen MR) is 99.2 cm³/mol. The van der Waals surface area contributed by atoms with Crippen LogP contribution >= 0.6 is 0 Å². The maximum Gasteiger partial charge on any atom is 0.298 e. The number of fused-ring (bicyclic) bond motifs is 4. The van der Waals surface area contributed by atoms with Crippen LogP contribution in [0.1, 0.15) is 5.56 Å². The Morgan fingerprint density at radius 1 is 1.00 bits per heavy atom. The third-order valence-electron chi connectivity index (χ3n) is 4.34. The summed E-state index contributed by atoms with van der Waals surface area (Å²) in [6.45, 7) is 0. The molecule has 2 aromatic carbocycles. The second-order valence-electron chi connectivity index (χ2n) is 5.82. The van der Waals surface area contributed by atoms with E-state index < -0.39 is 0 Å². The van der Waals surface area contributed by atoms with E-state index in [9.17, 15) is 4.79 Å². The van der Waals surface area contributed by atoms with E-state index in [1.54, 1.807) is 6.21 Å². The molecule has 6 heteroatoms. The van der Waals surface area contributed by atoms with Gasteiger partial charge in [0.2, 0.25) is 0 Å². The Labute approximate surface area is 141 Å². The highest BCUT2D eigenvalue weighted by Crippen LogP contribution is 2.20. The van der Waals surface area contributed by atoms with Crippen LogP contribution in [0, 0.1) is 0 Å². The molecule has 0 aliphatic heterocycles. The molecule has 5 rings (SSSR count). The number of aromatic nitrogens is 4. The van der Waals surface area contributed by atoms with Crippen molar-refractivity contribution in [3.05, 3.63) is 77.0 Å². The molecule has 6 nitrogen and oxygen atoms in total. The van der Waals surface area contributed by atoms with Gasteiger partial charge in [0.05, 0.1) is 6.21 Å². The summed E-state index contributed by atoms with van der Waals surface area (Å²) in [4.78, 5) is 23.4. The van der Waals surface area contributed by atoms with Crippen molar-refractivity contribution in [2.75, 3.05) is 0 Å². The van der Waals surface area contributed by atoms with Crippen molar-refractivity contribution in [2.24, 2.45) is 5.10 Å². The van der Waals surface area contributed by atoms with E-state index >= 15 is 0 Å². The molecule has 3 aromatic heterocycles. The van der Waals surface area contributed by atoms with E-state index in [1.165, 1.54) is 11.0 Å². The van der Waals surface area contributed by atoms with Gasteiger partial charge in [0, 0.05) is 33.6 Å². The molecule has 0 unspecified atom stereocenters. The van der Waals surface area contributed by atoms with Crippen LogP contribution in [-0.4, -0.2) is 25.8 Å². The number of aromatic amines is 2. The Balaban J connectivity index is 1.64. The van der Waals surface area contributed by atoms with Crippen molar-refractivity contribution >= 4 is 39.1 Å². The Hall–Kier alpha value is -3.67. The summed E-state index contributed by atoms with van der Waals surface area (Å²) in [7, 11) is 0. The highest BCUT2D eigenvalue weighted by Gasteiger charge is 2.10. The van der Waals surface area contributed by atoms with Crippen molar-refractivity contribution in [1.29, 1.82) is 0 Å². The van der Waals surface area contributed by atoms with Gasteiger partial charge < -0.3 is 9.97 Å². The summed E-state index contributed by atoms with van der Waals surface area (Å²) >= 11 is 0. The van der Waals surface area contributed by atoms with Crippen LogP contribution in [0.15, 0.2) is 71.0 Å². The van der Waals surface area contributed by atoms with Gasteiger partial charge in [0.25, 0.3) is 5.56 Å². The molecule has 0 amide bonds. The Bertz CT molecular complexity index is 1320. The second-order valence-corrected chi connectivity index (χ2v) is 5.82. The fourth-order valence-corrected chi connectivity index (χ4v) is 3.10. The molecule has 2 N–H and O–H groups in total. The van der Waals surface area contributed by atoms with Crippen LogP contribution in [0.5, 0.6) is 0 Å². The fraction of sp³-hybridized carbons (Fsp3) is 0. The van der Waals surface area contributed by atoms with Gasteiger partial charge in [-0.1, -0.05) is 36.4 Å². The largest absolute Gasteiger partial charge is 0.361 e. The number of para-hydroxylation sites is 2. The lowest BCUT2D eigenvalue weighted by Crippen LogP contribution is -2.17. The molecule has 0 saturated carbocycles. The molecule has 0 saturated heterocycles. The van der Waals surface area contributed by atoms with Gasteiger partial charge in [-0.15, -0.1) is 0 Å². The summed E-state index contributed by atoms with van der Waals surface area (Å²) < 4.78 is 1.25. The minimum Gasteiger partial charge on any atom is -0.361 e. The maximum atomic E-state index is 12.7. The van der Waals surface area contributed by atoms with E-state index in [4.69, 9.17) is 0 Å². The summed E-state index contributed by atoms with van der Waals surface area (Å²) in [5.41, 5.74) is 3.73. The lowest BCUT2D eigenvalue weighted by atomic mass is 10.2. The van der Waals surface area contributed by atoms with Gasteiger partial charge in [-0.3, -0.25) is 4.79 Å². The van der Waals surface area contributed by atoms with Gasteiger partial charge in [-0.2, -0.15) is 9.78 Å². The molecule has 0 radical (unpaired) electrons. The van der Waals surface area contributed by atoms with E-state index in [1.807, 2.05) is 54.7 Å². The normalized spacial score (nSPS) is 12.0. The number of rotatable bonds is 2. The summed E-state index contributed by atoms with van der Waals surface area (Å²) in [5.74, 6) is 0. The van der Waals surface area contributed by atoms with Crippen LogP contribution in [0.2, 0.25) is 0 Å². The summed E-state index contributed by atoms with van der Waals surface area (Å²) in [6.07, 6.45) is 4.99. The van der Waals surface area contributed by atoms with E-state index in [-0.39, 0.29) is 5.56 Å². The number of benzene rings is 2. The van der Waals surface area contributed by atoms with Gasteiger partial charge >= 0.3 is 0 Å². The Morgan fingerprint density at radius 3 is 2.64 bits per heavy atom. The monoisotopic (exact) mass is 327 g/mol. The van der Waals surface area contributed by atoms with Gasteiger partial charge in [0.1, 0.15) is 17.4 Å². The molecule has 0 fully saturated rings. The third kappa shape index (κ3) is 2.08. The van der Waals surface area contributed by atoms with Crippen LogP contribution < -0.4 is 5.56 Å². The zero-order valence-corrected chi connectivity index (χ0v) is 13.1.